The fourth-order valence-corrected chi connectivity index (χ4v) is 4.10. The standard InChI is InChI=1S/C25H24N4/c1-2-8-20(9-3-1)18-29-23-13-7-11-21-10-6-12-22(24(21)23)25(29)27-14-4-5-16-28-17-15-26-19-28/h1-3,6-13,15,17,19H,4-5,14,16,18H2/b27-25-. The molecule has 0 radical (unpaired) electrons. The van der Waals surface area contributed by atoms with Gasteiger partial charge in [0.1, 0.15) is 5.84 Å². The van der Waals surface area contributed by atoms with E-state index in [-0.39, 0.29) is 0 Å². The van der Waals surface area contributed by atoms with Gasteiger partial charge in [-0.05, 0) is 29.9 Å². The molecule has 0 fully saturated rings. The van der Waals surface area contributed by atoms with Gasteiger partial charge in [-0.3, -0.25) is 4.99 Å². The molecule has 0 spiro atoms. The molecule has 0 bridgehead atoms. The molecule has 4 nitrogen and oxygen atoms in total. The normalized spacial score (nSPS) is 14.2. The molecule has 29 heavy (non-hydrogen) atoms. The second-order valence-electron chi connectivity index (χ2n) is 7.47. The second kappa shape index (κ2) is 7.92. The minimum Gasteiger partial charge on any atom is -0.337 e. The lowest BCUT2D eigenvalue weighted by Gasteiger charge is -2.21. The van der Waals surface area contributed by atoms with Crippen LogP contribution in [0.25, 0.3) is 10.8 Å². The highest BCUT2D eigenvalue weighted by Gasteiger charge is 2.27. The summed E-state index contributed by atoms with van der Waals surface area (Å²) in [6.07, 6.45) is 7.89. The summed E-state index contributed by atoms with van der Waals surface area (Å²) in [5, 5.41) is 2.60. The fourth-order valence-electron chi connectivity index (χ4n) is 4.10. The molecule has 144 valence electrons. The first kappa shape index (κ1) is 17.7. The molecule has 3 aromatic carbocycles. The van der Waals surface area contributed by atoms with E-state index in [0.29, 0.717) is 0 Å². The number of aliphatic imine (C=N–C) groups is 1. The maximum atomic E-state index is 5.08. The van der Waals surface area contributed by atoms with Crippen LogP contribution < -0.4 is 4.90 Å². The Hall–Kier alpha value is -3.40. The maximum Gasteiger partial charge on any atom is 0.136 e. The number of nitrogens with zero attached hydrogens (tertiary/aromatic N) is 4. The van der Waals surface area contributed by atoms with Crippen LogP contribution in [0, 0.1) is 0 Å². The smallest absolute Gasteiger partial charge is 0.136 e. The van der Waals surface area contributed by atoms with Crippen molar-refractivity contribution in [2.75, 3.05) is 11.4 Å². The third-order valence-electron chi connectivity index (χ3n) is 5.50. The number of imidazole rings is 1. The van der Waals surface area contributed by atoms with Gasteiger partial charge in [0.25, 0.3) is 0 Å². The highest BCUT2D eigenvalue weighted by Crippen LogP contribution is 2.38. The van der Waals surface area contributed by atoms with E-state index < -0.39 is 0 Å². The molecule has 1 aliphatic rings. The molecule has 0 atom stereocenters. The van der Waals surface area contributed by atoms with Crippen LogP contribution in [0.15, 0.2) is 90.4 Å². The van der Waals surface area contributed by atoms with Crippen molar-refractivity contribution in [2.45, 2.75) is 25.9 Å². The number of aromatic nitrogens is 2. The molecule has 0 amide bonds. The Morgan fingerprint density at radius 2 is 1.72 bits per heavy atom. The van der Waals surface area contributed by atoms with E-state index in [1.807, 2.05) is 18.7 Å². The first-order valence-electron chi connectivity index (χ1n) is 10.2. The second-order valence-corrected chi connectivity index (χ2v) is 7.47. The summed E-state index contributed by atoms with van der Waals surface area (Å²) in [6, 6.07) is 23.7. The molecule has 4 heteroatoms. The fraction of sp³-hybridized carbons (Fsp3) is 0.200. The highest BCUT2D eigenvalue weighted by molar-refractivity contribution is 6.27. The van der Waals surface area contributed by atoms with E-state index in [4.69, 9.17) is 4.99 Å². The number of aryl methyl sites for hydroxylation is 1. The lowest BCUT2D eigenvalue weighted by atomic mass is 10.1. The molecule has 5 rings (SSSR count). The van der Waals surface area contributed by atoms with Gasteiger partial charge in [-0.1, -0.05) is 60.7 Å². The zero-order valence-electron chi connectivity index (χ0n) is 16.4. The zero-order valence-corrected chi connectivity index (χ0v) is 16.4. The quantitative estimate of drug-likeness (QED) is 0.409. The summed E-state index contributed by atoms with van der Waals surface area (Å²) in [4.78, 5) is 11.6. The Kier molecular flexibility index (Phi) is 4.83. The Balaban J connectivity index is 1.41. The summed E-state index contributed by atoms with van der Waals surface area (Å²) in [5.74, 6) is 1.10. The van der Waals surface area contributed by atoms with Gasteiger partial charge in [0, 0.05) is 43.0 Å². The van der Waals surface area contributed by atoms with Crippen LogP contribution in [0.4, 0.5) is 5.69 Å². The molecule has 0 unspecified atom stereocenters. The van der Waals surface area contributed by atoms with Crippen LogP contribution in [-0.2, 0) is 13.1 Å². The van der Waals surface area contributed by atoms with Crippen molar-refractivity contribution in [2.24, 2.45) is 4.99 Å². The largest absolute Gasteiger partial charge is 0.337 e. The van der Waals surface area contributed by atoms with E-state index in [0.717, 1.165) is 38.3 Å². The Labute approximate surface area is 171 Å². The predicted molar refractivity (Wildman–Crippen MR) is 119 cm³/mol. The van der Waals surface area contributed by atoms with E-state index in [2.05, 4.69) is 81.2 Å². The number of rotatable bonds is 7. The third kappa shape index (κ3) is 3.54. The summed E-state index contributed by atoms with van der Waals surface area (Å²) < 4.78 is 2.13. The lowest BCUT2D eigenvalue weighted by molar-refractivity contribution is 0.615. The number of hydrogen-bond donors (Lipinski definition) is 0. The summed E-state index contributed by atoms with van der Waals surface area (Å²) >= 11 is 0. The Bertz CT molecular complexity index is 1120. The van der Waals surface area contributed by atoms with Gasteiger partial charge in [-0.15, -0.1) is 0 Å². The van der Waals surface area contributed by atoms with E-state index in [1.54, 1.807) is 0 Å². The molecular weight excluding hydrogens is 356 g/mol. The van der Waals surface area contributed by atoms with E-state index in [9.17, 15) is 0 Å². The van der Waals surface area contributed by atoms with Crippen molar-refractivity contribution in [3.05, 3.63) is 96.6 Å². The van der Waals surface area contributed by atoms with Gasteiger partial charge in [-0.25, -0.2) is 4.98 Å². The zero-order chi connectivity index (χ0) is 19.5. The predicted octanol–water partition coefficient (Wildman–Crippen LogP) is 5.28. The molecule has 1 aromatic heterocycles. The van der Waals surface area contributed by atoms with Crippen molar-refractivity contribution >= 4 is 22.3 Å². The third-order valence-corrected chi connectivity index (χ3v) is 5.50. The number of amidine groups is 1. The van der Waals surface area contributed by atoms with Crippen molar-refractivity contribution < 1.29 is 0 Å². The average molecular weight is 380 g/mol. The van der Waals surface area contributed by atoms with Gasteiger partial charge in [0.2, 0.25) is 0 Å². The molecule has 0 saturated heterocycles. The van der Waals surface area contributed by atoms with Crippen molar-refractivity contribution in [3.8, 4) is 0 Å². The van der Waals surface area contributed by atoms with E-state index in [1.165, 1.54) is 27.6 Å². The van der Waals surface area contributed by atoms with Crippen LogP contribution in [0.3, 0.4) is 0 Å². The SMILES string of the molecule is c1ccc(CN2/C(=N\CCCCn3ccnc3)c3cccc4cccc2c34)cc1. The number of unbranched alkanes of at least 4 members (excludes halogenated alkanes) is 1. The Morgan fingerprint density at radius 3 is 2.55 bits per heavy atom. The highest BCUT2D eigenvalue weighted by atomic mass is 15.2. The van der Waals surface area contributed by atoms with Crippen molar-refractivity contribution in [1.82, 2.24) is 9.55 Å². The number of anilines is 1. The summed E-state index contributed by atoms with van der Waals surface area (Å²) in [7, 11) is 0. The monoisotopic (exact) mass is 380 g/mol. The number of hydrogen-bond acceptors (Lipinski definition) is 2. The molecule has 0 N–H and O–H groups in total. The minimum absolute atomic E-state index is 0.833. The molecule has 0 aliphatic carbocycles. The minimum atomic E-state index is 0.833. The Morgan fingerprint density at radius 1 is 0.862 bits per heavy atom. The van der Waals surface area contributed by atoms with Crippen molar-refractivity contribution in [3.63, 3.8) is 0 Å². The molecule has 2 heterocycles. The van der Waals surface area contributed by atoms with Gasteiger partial charge < -0.3 is 9.47 Å². The van der Waals surface area contributed by atoms with E-state index >= 15 is 0 Å². The van der Waals surface area contributed by atoms with Crippen LogP contribution in [0.5, 0.6) is 0 Å². The average Bonchev–Trinajstić information content (AvgIpc) is 3.38. The topological polar surface area (TPSA) is 33.4 Å². The van der Waals surface area contributed by atoms with Gasteiger partial charge in [0.15, 0.2) is 0 Å². The first-order chi connectivity index (χ1) is 14.4. The molecular formula is C25H24N4. The maximum absolute atomic E-state index is 5.08. The molecule has 0 saturated carbocycles. The molecule has 4 aromatic rings. The van der Waals surface area contributed by atoms with Crippen LogP contribution in [0.1, 0.15) is 24.0 Å². The van der Waals surface area contributed by atoms with Crippen LogP contribution in [0.2, 0.25) is 0 Å². The van der Waals surface area contributed by atoms with Gasteiger partial charge >= 0.3 is 0 Å². The summed E-state index contributed by atoms with van der Waals surface area (Å²) in [6.45, 7) is 2.66. The van der Waals surface area contributed by atoms with Crippen molar-refractivity contribution in [1.29, 1.82) is 0 Å². The molecule has 1 aliphatic heterocycles. The first-order valence-corrected chi connectivity index (χ1v) is 10.2. The summed E-state index contributed by atoms with van der Waals surface area (Å²) in [5.41, 5.74) is 3.81. The van der Waals surface area contributed by atoms with Crippen LogP contribution in [-0.4, -0.2) is 21.9 Å². The number of benzene rings is 3. The van der Waals surface area contributed by atoms with Crippen LogP contribution >= 0.6 is 0 Å². The lowest BCUT2D eigenvalue weighted by Crippen LogP contribution is -2.27. The van der Waals surface area contributed by atoms with Gasteiger partial charge in [-0.2, -0.15) is 0 Å². The van der Waals surface area contributed by atoms with Gasteiger partial charge in [0.05, 0.1) is 12.0 Å².